The van der Waals surface area contributed by atoms with Gasteiger partial charge in [0, 0.05) is 0 Å². The molecule has 2 atom stereocenters. The summed E-state index contributed by atoms with van der Waals surface area (Å²) >= 11 is 0. The number of nitrogens with one attached hydrogen (secondary N) is 2. The Kier molecular flexibility index (Phi) is 5.98. The third-order valence-corrected chi connectivity index (χ3v) is 3.66. The molecule has 2 unspecified atom stereocenters. The summed E-state index contributed by atoms with van der Waals surface area (Å²) in [4.78, 5) is 23.6. The number of hydrogen-bond donors (Lipinski definition) is 4. The van der Waals surface area contributed by atoms with Crippen LogP contribution >= 0.6 is 12.4 Å². The SMILES string of the molecule is COc1cc2c(cc1OC)C(C(=O)NO)C(C(=O)NO)C2.Cl. The fourth-order valence-electron chi connectivity index (χ4n) is 2.70. The van der Waals surface area contributed by atoms with Crippen LogP contribution in [0.3, 0.4) is 0 Å². The average Bonchev–Trinajstić information content (AvgIpc) is 2.89. The van der Waals surface area contributed by atoms with E-state index in [0.717, 1.165) is 5.56 Å². The molecule has 9 heteroatoms. The predicted octanol–water partition coefficient (Wildman–Crippen LogP) is 0.392. The molecule has 22 heavy (non-hydrogen) atoms. The van der Waals surface area contributed by atoms with E-state index < -0.39 is 23.7 Å². The van der Waals surface area contributed by atoms with Crippen LogP contribution < -0.4 is 20.4 Å². The quantitative estimate of drug-likeness (QED) is 0.468. The average molecular weight is 333 g/mol. The number of rotatable bonds is 4. The number of carbonyl (C=O) groups is 2. The molecule has 4 N–H and O–H groups in total. The van der Waals surface area contributed by atoms with Gasteiger partial charge in [-0.25, -0.2) is 11.0 Å². The first-order valence-electron chi connectivity index (χ1n) is 6.20. The Morgan fingerprint density at radius 1 is 1.09 bits per heavy atom. The lowest BCUT2D eigenvalue weighted by molar-refractivity contribution is -0.140. The Morgan fingerprint density at radius 2 is 1.64 bits per heavy atom. The van der Waals surface area contributed by atoms with Crippen LogP contribution in [0.5, 0.6) is 11.5 Å². The van der Waals surface area contributed by atoms with Crippen LogP contribution in [-0.4, -0.2) is 36.4 Å². The summed E-state index contributed by atoms with van der Waals surface area (Å²) in [5.41, 5.74) is 4.36. The summed E-state index contributed by atoms with van der Waals surface area (Å²) < 4.78 is 10.4. The van der Waals surface area contributed by atoms with Crippen molar-refractivity contribution in [1.82, 2.24) is 11.0 Å². The zero-order valence-electron chi connectivity index (χ0n) is 12.0. The van der Waals surface area contributed by atoms with Crippen LogP contribution in [0, 0.1) is 5.92 Å². The Bertz CT molecular complexity index is 580. The third-order valence-electron chi connectivity index (χ3n) is 3.66. The number of methoxy groups -OCH3 is 2. The fourth-order valence-corrected chi connectivity index (χ4v) is 2.70. The van der Waals surface area contributed by atoms with Crippen LogP contribution in [-0.2, 0) is 16.0 Å². The van der Waals surface area contributed by atoms with Crippen molar-refractivity contribution in [2.75, 3.05) is 14.2 Å². The monoisotopic (exact) mass is 332 g/mol. The van der Waals surface area contributed by atoms with E-state index in [1.54, 1.807) is 23.1 Å². The lowest BCUT2D eigenvalue weighted by Gasteiger charge is -2.17. The molecule has 122 valence electrons. The van der Waals surface area contributed by atoms with Crippen molar-refractivity contribution >= 4 is 24.2 Å². The molecule has 1 aromatic rings. The predicted molar refractivity (Wildman–Crippen MR) is 76.6 cm³/mol. The third kappa shape index (κ3) is 2.94. The molecule has 0 radical (unpaired) electrons. The van der Waals surface area contributed by atoms with E-state index in [4.69, 9.17) is 19.9 Å². The standard InChI is InChI=1S/C13H16N2O6.ClH/c1-20-9-4-6-3-8(12(16)14-18)11(13(17)15-19)7(6)5-10(9)21-2;/h4-5,8,11,18-19H,3H2,1-2H3,(H,14,16)(H,15,17);1H. The van der Waals surface area contributed by atoms with Crippen LogP contribution in [0.15, 0.2) is 12.1 Å². The van der Waals surface area contributed by atoms with Crippen molar-refractivity contribution < 1.29 is 29.5 Å². The minimum absolute atomic E-state index is 0. The first-order valence-corrected chi connectivity index (χ1v) is 6.20. The molecule has 1 aromatic carbocycles. The van der Waals surface area contributed by atoms with Crippen molar-refractivity contribution in [3.8, 4) is 11.5 Å². The number of carbonyl (C=O) groups excluding carboxylic acids is 2. The molecule has 0 bridgehead atoms. The number of fused-ring (bicyclic) bond motifs is 1. The molecule has 0 heterocycles. The van der Waals surface area contributed by atoms with Gasteiger partial charge in [-0.05, 0) is 29.7 Å². The van der Waals surface area contributed by atoms with Gasteiger partial charge in [0.2, 0.25) is 5.91 Å². The van der Waals surface area contributed by atoms with E-state index in [-0.39, 0.29) is 18.8 Å². The van der Waals surface area contributed by atoms with Gasteiger partial charge < -0.3 is 9.47 Å². The Morgan fingerprint density at radius 3 is 2.14 bits per heavy atom. The van der Waals surface area contributed by atoms with Gasteiger partial charge in [0.05, 0.1) is 26.1 Å². The Balaban J connectivity index is 0.00000242. The van der Waals surface area contributed by atoms with Gasteiger partial charge >= 0.3 is 0 Å². The van der Waals surface area contributed by atoms with Crippen molar-refractivity contribution in [1.29, 1.82) is 0 Å². The van der Waals surface area contributed by atoms with E-state index in [0.29, 0.717) is 17.1 Å². The molecule has 1 aliphatic carbocycles. The van der Waals surface area contributed by atoms with Crippen molar-refractivity contribution in [2.24, 2.45) is 5.92 Å². The Hall–Kier alpha value is -2.03. The minimum atomic E-state index is -0.919. The number of ether oxygens (including phenoxy) is 2. The maximum Gasteiger partial charge on any atom is 0.251 e. The van der Waals surface area contributed by atoms with Crippen LogP contribution in [0.25, 0.3) is 0 Å². The number of amides is 2. The second-order valence-corrected chi connectivity index (χ2v) is 4.65. The second kappa shape index (κ2) is 7.30. The number of benzene rings is 1. The van der Waals surface area contributed by atoms with E-state index in [1.807, 2.05) is 0 Å². The van der Waals surface area contributed by atoms with Crippen LogP contribution in [0.4, 0.5) is 0 Å². The normalized spacial score (nSPS) is 18.7. The summed E-state index contributed by atoms with van der Waals surface area (Å²) in [6.45, 7) is 0. The molecule has 0 aliphatic heterocycles. The molecule has 2 rings (SSSR count). The highest BCUT2D eigenvalue weighted by atomic mass is 35.5. The molecule has 0 saturated carbocycles. The lowest BCUT2D eigenvalue weighted by atomic mass is 9.91. The minimum Gasteiger partial charge on any atom is -0.493 e. The number of hydroxylamine groups is 2. The van der Waals surface area contributed by atoms with Gasteiger partial charge in [0.25, 0.3) is 5.91 Å². The molecule has 0 saturated heterocycles. The first kappa shape index (κ1) is 18.0. The summed E-state index contributed by atoms with van der Waals surface area (Å²) in [7, 11) is 2.94. The fraction of sp³-hybridized carbons (Fsp3) is 0.385. The van der Waals surface area contributed by atoms with Crippen LogP contribution in [0.2, 0.25) is 0 Å². The second-order valence-electron chi connectivity index (χ2n) is 4.65. The molecular weight excluding hydrogens is 316 g/mol. The van der Waals surface area contributed by atoms with Crippen molar-refractivity contribution in [3.05, 3.63) is 23.3 Å². The maximum absolute atomic E-state index is 11.9. The molecule has 2 amide bonds. The van der Waals surface area contributed by atoms with Gasteiger partial charge in [-0.3, -0.25) is 20.0 Å². The van der Waals surface area contributed by atoms with Gasteiger partial charge in [-0.1, -0.05) is 0 Å². The van der Waals surface area contributed by atoms with Crippen molar-refractivity contribution in [2.45, 2.75) is 12.3 Å². The molecule has 0 spiro atoms. The summed E-state index contributed by atoms with van der Waals surface area (Å²) in [5, 5.41) is 17.7. The largest absolute Gasteiger partial charge is 0.493 e. The van der Waals surface area contributed by atoms with Gasteiger partial charge in [-0.2, -0.15) is 0 Å². The molecular formula is C13H17ClN2O6. The van der Waals surface area contributed by atoms with E-state index >= 15 is 0 Å². The topological polar surface area (TPSA) is 117 Å². The van der Waals surface area contributed by atoms with Crippen LogP contribution in [0.1, 0.15) is 17.0 Å². The van der Waals surface area contributed by atoms with E-state index in [1.165, 1.54) is 14.2 Å². The zero-order chi connectivity index (χ0) is 15.6. The maximum atomic E-state index is 11.9. The van der Waals surface area contributed by atoms with E-state index in [2.05, 4.69) is 0 Å². The number of halogens is 1. The van der Waals surface area contributed by atoms with E-state index in [9.17, 15) is 9.59 Å². The highest BCUT2D eigenvalue weighted by Gasteiger charge is 2.42. The van der Waals surface area contributed by atoms with Gasteiger partial charge in [-0.15, -0.1) is 12.4 Å². The molecule has 0 aromatic heterocycles. The zero-order valence-corrected chi connectivity index (χ0v) is 12.8. The summed E-state index contributed by atoms with van der Waals surface area (Å²) in [6.07, 6.45) is 0.236. The highest BCUT2D eigenvalue weighted by Crippen LogP contribution is 2.43. The number of hydrogen-bond acceptors (Lipinski definition) is 6. The first-order chi connectivity index (χ1) is 10.1. The molecule has 0 fully saturated rings. The van der Waals surface area contributed by atoms with Crippen molar-refractivity contribution in [3.63, 3.8) is 0 Å². The smallest absolute Gasteiger partial charge is 0.251 e. The lowest BCUT2D eigenvalue weighted by Crippen LogP contribution is -2.37. The molecule has 1 aliphatic rings. The van der Waals surface area contributed by atoms with Gasteiger partial charge in [0.15, 0.2) is 11.5 Å². The Labute approximate surface area is 132 Å². The summed E-state index contributed by atoms with van der Waals surface area (Å²) in [6, 6.07) is 3.27. The highest BCUT2D eigenvalue weighted by molar-refractivity contribution is 5.92. The van der Waals surface area contributed by atoms with Gasteiger partial charge in [0.1, 0.15) is 0 Å². The molecule has 8 nitrogen and oxygen atoms in total. The summed E-state index contributed by atoms with van der Waals surface area (Å²) in [5.74, 6) is -2.28.